The molecular formula is C17H24FN. The van der Waals surface area contributed by atoms with Crippen LogP contribution >= 0.6 is 0 Å². The number of nitrogens with zero attached hydrogens (tertiary/aromatic N) is 1. The van der Waals surface area contributed by atoms with E-state index >= 15 is 0 Å². The average molecular weight is 261 g/mol. The quantitative estimate of drug-likeness (QED) is 0.797. The van der Waals surface area contributed by atoms with Crippen molar-refractivity contribution in [2.75, 3.05) is 20.6 Å². The zero-order valence-corrected chi connectivity index (χ0v) is 12.0. The number of halogens is 1. The van der Waals surface area contributed by atoms with Crippen molar-refractivity contribution >= 4 is 0 Å². The fourth-order valence-electron chi connectivity index (χ4n) is 4.46. The fourth-order valence-corrected chi connectivity index (χ4v) is 4.46. The van der Waals surface area contributed by atoms with Gasteiger partial charge >= 0.3 is 0 Å². The molecule has 2 heteroatoms. The SMILES string of the molecule is CN(C)C[C@H]1C2CCC(CC2)[C@H]1c1ccc(F)cc1. The van der Waals surface area contributed by atoms with Gasteiger partial charge in [-0.1, -0.05) is 12.1 Å². The summed E-state index contributed by atoms with van der Waals surface area (Å²) >= 11 is 0. The number of hydrogen-bond acceptors (Lipinski definition) is 1. The lowest BCUT2D eigenvalue weighted by atomic mass is 9.57. The van der Waals surface area contributed by atoms with Gasteiger partial charge in [-0.05, 0) is 81.1 Å². The first kappa shape index (κ1) is 13.1. The number of rotatable bonds is 3. The smallest absolute Gasteiger partial charge is 0.123 e. The van der Waals surface area contributed by atoms with Gasteiger partial charge in [-0.15, -0.1) is 0 Å². The van der Waals surface area contributed by atoms with E-state index in [2.05, 4.69) is 19.0 Å². The molecule has 0 aliphatic heterocycles. The normalized spacial score (nSPS) is 33.9. The predicted molar refractivity (Wildman–Crippen MR) is 76.6 cm³/mol. The van der Waals surface area contributed by atoms with Crippen LogP contribution in [0.15, 0.2) is 24.3 Å². The van der Waals surface area contributed by atoms with Crippen molar-refractivity contribution in [2.24, 2.45) is 17.8 Å². The molecule has 19 heavy (non-hydrogen) atoms. The molecule has 0 radical (unpaired) electrons. The van der Waals surface area contributed by atoms with E-state index in [1.807, 2.05) is 12.1 Å². The average Bonchev–Trinajstić information content (AvgIpc) is 2.41. The highest BCUT2D eigenvalue weighted by Gasteiger charge is 2.43. The number of fused-ring (bicyclic) bond motifs is 3. The lowest BCUT2D eigenvalue weighted by molar-refractivity contribution is 0.0507. The van der Waals surface area contributed by atoms with Crippen molar-refractivity contribution < 1.29 is 4.39 Å². The highest BCUT2D eigenvalue weighted by atomic mass is 19.1. The van der Waals surface area contributed by atoms with Crippen LogP contribution in [0.5, 0.6) is 0 Å². The Balaban J connectivity index is 1.89. The van der Waals surface area contributed by atoms with Gasteiger partial charge in [-0.2, -0.15) is 0 Å². The zero-order valence-electron chi connectivity index (χ0n) is 12.0. The predicted octanol–water partition coefficient (Wildman–Crippen LogP) is 3.91. The summed E-state index contributed by atoms with van der Waals surface area (Å²) in [6.45, 7) is 1.17. The Labute approximate surface area is 115 Å². The molecule has 3 fully saturated rings. The van der Waals surface area contributed by atoms with Gasteiger partial charge in [0.1, 0.15) is 5.82 Å². The molecule has 3 saturated carbocycles. The van der Waals surface area contributed by atoms with Crippen LogP contribution < -0.4 is 0 Å². The molecule has 3 aliphatic carbocycles. The van der Waals surface area contributed by atoms with Gasteiger partial charge in [-0.3, -0.25) is 0 Å². The van der Waals surface area contributed by atoms with E-state index in [1.165, 1.54) is 37.8 Å². The van der Waals surface area contributed by atoms with E-state index in [0.717, 1.165) is 17.8 Å². The molecule has 1 nitrogen and oxygen atoms in total. The minimum atomic E-state index is -0.117. The van der Waals surface area contributed by atoms with Crippen LogP contribution in [0.25, 0.3) is 0 Å². The minimum Gasteiger partial charge on any atom is -0.309 e. The summed E-state index contributed by atoms with van der Waals surface area (Å²) in [5.41, 5.74) is 1.36. The van der Waals surface area contributed by atoms with Gasteiger partial charge in [0.25, 0.3) is 0 Å². The molecule has 1 aromatic rings. The summed E-state index contributed by atoms with van der Waals surface area (Å²) in [5, 5.41) is 0. The maximum atomic E-state index is 13.1. The first-order valence-electron chi connectivity index (χ1n) is 7.55. The molecule has 1 aromatic carbocycles. The molecular weight excluding hydrogens is 237 g/mol. The van der Waals surface area contributed by atoms with Gasteiger partial charge in [0.2, 0.25) is 0 Å². The van der Waals surface area contributed by atoms with Gasteiger partial charge in [0.15, 0.2) is 0 Å². The van der Waals surface area contributed by atoms with Crippen LogP contribution in [0, 0.1) is 23.6 Å². The third-order valence-electron chi connectivity index (χ3n) is 5.22. The highest BCUT2D eigenvalue weighted by molar-refractivity contribution is 5.24. The number of benzene rings is 1. The number of hydrogen-bond donors (Lipinski definition) is 0. The Morgan fingerprint density at radius 3 is 2.16 bits per heavy atom. The van der Waals surface area contributed by atoms with Crippen LogP contribution in [-0.4, -0.2) is 25.5 Å². The second kappa shape index (κ2) is 5.24. The molecule has 2 atom stereocenters. The minimum absolute atomic E-state index is 0.117. The molecule has 4 rings (SSSR count). The van der Waals surface area contributed by atoms with Gasteiger partial charge in [-0.25, -0.2) is 4.39 Å². The second-order valence-corrected chi connectivity index (χ2v) is 6.68. The van der Waals surface area contributed by atoms with E-state index in [1.54, 1.807) is 12.1 Å². The van der Waals surface area contributed by atoms with Crippen molar-refractivity contribution in [2.45, 2.75) is 31.6 Å². The molecule has 0 amide bonds. The molecule has 0 aromatic heterocycles. The fraction of sp³-hybridized carbons (Fsp3) is 0.647. The highest BCUT2D eigenvalue weighted by Crippen LogP contribution is 2.53. The second-order valence-electron chi connectivity index (χ2n) is 6.68. The van der Waals surface area contributed by atoms with Crippen LogP contribution in [0.4, 0.5) is 4.39 Å². The summed E-state index contributed by atoms with van der Waals surface area (Å²) in [6, 6.07) is 7.29. The molecule has 3 aliphatic rings. The largest absolute Gasteiger partial charge is 0.309 e. The van der Waals surface area contributed by atoms with Gasteiger partial charge < -0.3 is 4.90 Å². The van der Waals surface area contributed by atoms with E-state index < -0.39 is 0 Å². The van der Waals surface area contributed by atoms with Crippen LogP contribution in [0.3, 0.4) is 0 Å². The Bertz CT molecular complexity index is 417. The van der Waals surface area contributed by atoms with Gasteiger partial charge in [0.05, 0.1) is 0 Å². The molecule has 104 valence electrons. The van der Waals surface area contributed by atoms with E-state index in [4.69, 9.17) is 0 Å². The Kier molecular flexibility index (Phi) is 3.62. The standard InChI is InChI=1S/C17H24FN/c1-19(2)11-16-12-3-5-13(6-4-12)17(16)14-7-9-15(18)10-8-14/h7-10,12-13,16-17H,3-6,11H2,1-2H3/t12?,13?,16-,17-/m0/s1. The van der Waals surface area contributed by atoms with Crippen molar-refractivity contribution in [3.63, 3.8) is 0 Å². The monoisotopic (exact) mass is 261 g/mol. The molecule has 0 saturated heterocycles. The van der Waals surface area contributed by atoms with Gasteiger partial charge in [0, 0.05) is 6.54 Å². The maximum absolute atomic E-state index is 13.1. The van der Waals surface area contributed by atoms with Crippen molar-refractivity contribution in [3.05, 3.63) is 35.6 Å². The summed E-state index contributed by atoms with van der Waals surface area (Å²) < 4.78 is 13.1. The Morgan fingerprint density at radius 1 is 1.00 bits per heavy atom. The topological polar surface area (TPSA) is 3.24 Å². The van der Waals surface area contributed by atoms with E-state index in [0.29, 0.717) is 5.92 Å². The zero-order chi connectivity index (χ0) is 13.4. The van der Waals surface area contributed by atoms with E-state index in [-0.39, 0.29) is 5.82 Å². The Hall–Kier alpha value is -0.890. The van der Waals surface area contributed by atoms with Crippen LogP contribution in [-0.2, 0) is 0 Å². The van der Waals surface area contributed by atoms with Crippen LogP contribution in [0.2, 0.25) is 0 Å². The van der Waals surface area contributed by atoms with Crippen LogP contribution in [0.1, 0.15) is 37.2 Å². The molecule has 0 heterocycles. The third kappa shape index (κ3) is 2.55. The summed E-state index contributed by atoms with van der Waals surface area (Å²) in [7, 11) is 4.34. The van der Waals surface area contributed by atoms with Crippen molar-refractivity contribution in [3.8, 4) is 0 Å². The lowest BCUT2D eigenvalue weighted by Gasteiger charge is -2.50. The first-order valence-corrected chi connectivity index (χ1v) is 7.55. The molecule has 2 bridgehead atoms. The van der Waals surface area contributed by atoms with Crippen molar-refractivity contribution in [1.29, 1.82) is 0 Å². The summed E-state index contributed by atoms with van der Waals surface area (Å²) in [5.74, 6) is 2.99. The van der Waals surface area contributed by atoms with E-state index in [9.17, 15) is 4.39 Å². The molecule has 0 spiro atoms. The maximum Gasteiger partial charge on any atom is 0.123 e. The third-order valence-corrected chi connectivity index (χ3v) is 5.22. The molecule has 0 N–H and O–H groups in total. The summed E-state index contributed by atoms with van der Waals surface area (Å²) in [4.78, 5) is 2.32. The first-order chi connectivity index (χ1) is 9.15. The lowest BCUT2D eigenvalue weighted by Crippen LogP contribution is -2.43. The summed E-state index contributed by atoms with van der Waals surface area (Å²) in [6.07, 6.45) is 5.55. The van der Waals surface area contributed by atoms with Crippen molar-refractivity contribution in [1.82, 2.24) is 4.90 Å². The Morgan fingerprint density at radius 2 is 1.58 bits per heavy atom. The molecule has 0 unspecified atom stereocenters.